The van der Waals surface area contributed by atoms with E-state index in [1.54, 1.807) is 5.57 Å². The standard InChI is InChI=1S/C35H53N3O2/c1-24(4-11-33(40)37-20-18-36(19-21-37)27-14-17-38(23-27)26-6-7-26)30-9-10-31-29-8-5-25-22-28(39)12-15-34(25,2)32(29)13-16-35(30,31)3/h5,14,17,23-24,26,28-32,39H,4,6-13,15-16,18-22H2,1-3H3/t24-,28+,29+,30-,31+,32+,34+,35-/m1/s1. The van der Waals surface area contributed by atoms with Gasteiger partial charge in [0.15, 0.2) is 0 Å². The van der Waals surface area contributed by atoms with Gasteiger partial charge in [-0.3, -0.25) is 4.79 Å². The fourth-order valence-electron chi connectivity index (χ4n) is 10.7. The van der Waals surface area contributed by atoms with Crippen molar-refractivity contribution in [2.24, 2.45) is 40.4 Å². The van der Waals surface area contributed by atoms with E-state index in [-0.39, 0.29) is 6.10 Å². The quantitative estimate of drug-likeness (QED) is 0.397. The Bertz CT molecular complexity index is 1130. The molecule has 0 aromatic carbocycles. The van der Waals surface area contributed by atoms with Crippen LogP contribution in [0.25, 0.3) is 0 Å². The highest BCUT2D eigenvalue weighted by Crippen LogP contribution is 2.67. The van der Waals surface area contributed by atoms with Crippen LogP contribution in [0.2, 0.25) is 0 Å². The predicted octanol–water partition coefficient (Wildman–Crippen LogP) is 6.83. The van der Waals surface area contributed by atoms with E-state index in [2.05, 4.69) is 59.7 Å². The molecule has 0 radical (unpaired) electrons. The van der Waals surface area contributed by atoms with Crippen LogP contribution >= 0.6 is 0 Å². The Labute approximate surface area is 242 Å². The second-order valence-corrected chi connectivity index (χ2v) is 15.3. The number of fused-ring (bicyclic) bond motifs is 5. The third-order valence-corrected chi connectivity index (χ3v) is 13.3. The molecule has 7 rings (SSSR count). The monoisotopic (exact) mass is 547 g/mol. The van der Waals surface area contributed by atoms with Crippen LogP contribution in [0.5, 0.6) is 0 Å². The van der Waals surface area contributed by atoms with Crippen molar-refractivity contribution >= 4 is 11.6 Å². The van der Waals surface area contributed by atoms with Crippen LogP contribution in [-0.4, -0.2) is 52.8 Å². The number of aliphatic hydroxyl groups is 1. The van der Waals surface area contributed by atoms with Crippen molar-refractivity contribution < 1.29 is 9.90 Å². The summed E-state index contributed by atoms with van der Waals surface area (Å²) in [4.78, 5) is 17.9. The number of hydrogen-bond acceptors (Lipinski definition) is 3. The van der Waals surface area contributed by atoms with E-state index >= 15 is 0 Å². The van der Waals surface area contributed by atoms with Crippen LogP contribution < -0.4 is 4.90 Å². The lowest BCUT2D eigenvalue weighted by Gasteiger charge is -2.58. The third-order valence-electron chi connectivity index (χ3n) is 13.3. The van der Waals surface area contributed by atoms with Gasteiger partial charge in [-0.15, -0.1) is 0 Å². The number of amides is 1. The van der Waals surface area contributed by atoms with Crippen molar-refractivity contribution in [2.75, 3.05) is 31.1 Å². The normalized spacial score (nSPS) is 40.2. The van der Waals surface area contributed by atoms with Gasteiger partial charge in [0.25, 0.3) is 0 Å². The molecule has 0 bridgehead atoms. The van der Waals surface area contributed by atoms with Gasteiger partial charge < -0.3 is 19.5 Å². The van der Waals surface area contributed by atoms with Crippen molar-refractivity contribution in [1.82, 2.24) is 9.47 Å². The van der Waals surface area contributed by atoms with Crippen LogP contribution in [0.1, 0.15) is 104 Å². The number of anilines is 1. The Morgan fingerprint density at radius 1 is 1.02 bits per heavy atom. The van der Waals surface area contributed by atoms with Gasteiger partial charge in [-0.1, -0.05) is 32.4 Å². The first-order valence-corrected chi connectivity index (χ1v) is 16.8. The molecule has 6 aliphatic rings. The molecule has 0 spiro atoms. The minimum atomic E-state index is -0.118. The summed E-state index contributed by atoms with van der Waals surface area (Å²) in [6.07, 6.45) is 21.1. The molecular formula is C35H53N3O2. The molecule has 1 amide bonds. The number of carbonyl (C=O) groups is 1. The molecule has 1 saturated heterocycles. The third kappa shape index (κ3) is 4.57. The van der Waals surface area contributed by atoms with Crippen molar-refractivity contribution in [3.05, 3.63) is 30.1 Å². The van der Waals surface area contributed by atoms with E-state index < -0.39 is 0 Å². The van der Waals surface area contributed by atoms with Gasteiger partial charge in [0.05, 0.1) is 11.8 Å². The minimum absolute atomic E-state index is 0.118. The van der Waals surface area contributed by atoms with E-state index in [0.29, 0.717) is 22.7 Å². The smallest absolute Gasteiger partial charge is 0.222 e. The summed E-state index contributed by atoms with van der Waals surface area (Å²) in [5.41, 5.74) is 3.66. The summed E-state index contributed by atoms with van der Waals surface area (Å²) >= 11 is 0. The number of nitrogens with zero attached hydrogens (tertiary/aromatic N) is 3. The number of allylic oxidation sites excluding steroid dienone is 1. The van der Waals surface area contributed by atoms with Crippen LogP contribution in [0.15, 0.2) is 30.1 Å². The summed E-state index contributed by atoms with van der Waals surface area (Å²) in [5, 5.41) is 10.3. The summed E-state index contributed by atoms with van der Waals surface area (Å²) in [6.45, 7) is 11.3. The van der Waals surface area contributed by atoms with Gasteiger partial charge in [0.1, 0.15) is 0 Å². The van der Waals surface area contributed by atoms with Crippen molar-refractivity contribution in [3.8, 4) is 0 Å². The molecule has 220 valence electrons. The largest absolute Gasteiger partial charge is 0.393 e. The summed E-state index contributed by atoms with van der Waals surface area (Å²) in [6, 6.07) is 2.98. The highest BCUT2D eigenvalue weighted by molar-refractivity contribution is 5.76. The van der Waals surface area contributed by atoms with Crippen LogP contribution in [0.3, 0.4) is 0 Å². The summed E-state index contributed by atoms with van der Waals surface area (Å²) in [5.74, 6) is 4.21. The first kappa shape index (κ1) is 27.1. The van der Waals surface area contributed by atoms with Crippen molar-refractivity contribution in [1.29, 1.82) is 0 Å². The minimum Gasteiger partial charge on any atom is -0.393 e. The zero-order chi connectivity index (χ0) is 27.6. The van der Waals surface area contributed by atoms with Crippen LogP contribution in [-0.2, 0) is 4.79 Å². The van der Waals surface area contributed by atoms with Crippen LogP contribution in [0, 0.1) is 40.4 Å². The fourth-order valence-corrected chi connectivity index (χ4v) is 10.7. The molecular weight excluding hydrogens is 494 g/mol. The SMILES string of the molecule is C[C@H](CCC(=O)N1CCN(c2ccn(C3CC3)c2)CC1)[C@H]1CC[C@H]2[C@@H]3CC=C4C[C@@H](O)CC[C@]4(C)[C@H]3CC[C@]12C. The van der Waals surface area contributed by atoms with Gasteiger partial charge >= 0.3 is 0 Å². The molecule has 2 heterocycles. The zero-order valence-electron chi connectivity index (χ0n) is 25.4. The van der Waals surface area contributed by atoms with Crippen molar-refractivity contribution in [2.45, 2.75) is 110 Å². The molecule has 5 aliphatic carbocycles. The maximum atomic E-state index is 13.3. The van der Waals surface area contributed by atoms with Gasteiger partial charge in [-0.05, 0) is 117 Å². The second-order valence-electron chi connectivity index (χ2n) is 15.3. The average Bonchev–Trinajstić information content (AvgIpc) is 3.57. The molecule has 1 aliphatic heterocycles. The van der Waals surface area contributed by atoms with E-state index in [1.807, 2.05) is 0 Å². The summed E-state index contributed by atoms with van der Waals surface area (Å²) in [7, 11) is 0. The molecule has 5 heteroatoms. The van der Waals surface area contributed by atoms with E-state index in [4.69, 9.17) is 0 Å². The topological polar surface area (TPSA) is 48.7 Å². The van der Waals surface area contributed by atoms with Crippen molar-refractivity contribution in [3.63, 3.8) is 0 Å². The Morgan fingerprint density at radius 2 is 1.82 bits per heavy atom. The van der Waals surface area contributed by atoms with Gasteiger partial charge in [0, 0.05) is 51.0 Å². The van der Waals surface area contributed by atoms with Gasteiger partial charge in [-0.2, -0.15) is 0 Å². The molecule has 5 nitrogen and oxygen atoms in total. The maximum Gasteiger partial charge on any atom is 0.222 e. The number of hydrogen-bond donors (Lipinski definition) is 1. The maximum absolute atomic E-state index is 13.3. The molecule has 1 aromatic heterocycles. The summed E-state index contributed by atoms with van der Waals surface area (Å²) < 4.78 is 2.37. The van der Waals surface area contributed by atoms with Gasteiger partial charge in [-0.25, -0.2) is 0 Å². The van der Waals surface area contributed by atoms with E-state index in [9.17, 15) is 9.90 Å². The Hall–Kier alpha value is -1.75. The molecule has 5 fully saturated rings. The molecule has 8 atom stereocenters. The first-order chi connectivity index (χ1) is 19.3. The highest BCUT2D eigenvalue weighted by Gasteiger charge is 2.59. The second kappa shape index (κ2) is 10.2. The highest BCUT2D eigenvalue weighted by atomic mass is 16.3. The molecule has 1 N–H and O–H groups in total. The molecule has 1 aromatic rings. The zero-order valence-corrected chi connectivity index (χ0v) is 25.4. The number of carbonyl (C=O) groups excluding carboxylic acids is 1. The predicted molar refractivity (Wildman–Crippen MR) is 161 cm³/mol. The molecule has 40 heavy (non-hydrogen) atoms. The fraction of sp³-hybridized carbons (Fsp3) is 0.800. The Kier molecular flexibility index (Phi) is 6.92. The number of aliphatic hydroxyl groups excluding tert-OH is 1. The lowest BCUT2D eigenvalue weighted by molar-refractivity contribution is -0.132. The van der Waals surface area contributed by atoms with Gasteiger partial charge in [0.2, 0.25) is 5.91 Å². The Morgan fingerprint density at radius 3 is 2.60 bits per heavy atom. The van der Waals surface area contributed by atoms with E-state index in [0.717, 1.165) is 81.6 Å². The van der Waals surface area contributed by atoms with E-state index in [1.165, 1.54) is 57.1 Å². The first-order valence-electron chi connectivity index (χ1n) is 16.8. The lowest BCUT2D eigenvalue weighted by Crippen LogP contribution is -2.51. The number of rotatable bonds is 6. The molecule has 4 saturated carbocycles. The molecule has 0 unspecified atom stereocenters. The van der Waals surface area contributed by atoms with Crippen LogP contribution in [0.4, 0.5) is 5.69 Å². The number of aromatic nitrogens is 1. The Balaban J connectivity index is 0.930. The average molecular weight is 548 g/mol. The lowest BCUT2D eigenvalue weighted by atomic mass is 9.47. The number of piperazine rings is 1.